The first-order valence-electron chi connectivity index (χ1n) is 9.73. The number of morpholine rings is 1. The zero-order valence-corrected chi connectivity index (χ0v) is 17.0. The molecular weight excluding hydrogens is 400 g/mol. The van der Waals surface area contributed by atoms with Crippen molar-refractivity contribution in [3.63, 3.8) is 0 Å². The number of aromatic nitrogens is 4. The van der Waals surface area contributed by atoms with Gasteiger partial charge in [0.05, 0.1) is 37.0 Å². The molecule has 4 aromatic rings. The van der Waals surface area contributed by atoms with Crippen LogP contribution in [0.4, 0.5) is 5.82 Å². The van der Waals surface area contributed by atoms with Crippen LogP contribution in [-0.2, 0) is 11.3 Å². The summed E-state index contributed by atoms with van der Waals surface area (Å²) >= 11 is 1.35. The molecule has 30 heavy (non-hydrogen) atoms. The van der Waals surface area contributed by atoms with Gasteiger partial charge in [0.2, 0.25) is 0 Å². The van der Waals surface area contributed by atoms with Crippen LogP contribution in [0.25, 0.3) is 21.6 Å². The summed E-state index contributed by atoms with van der Waals surface area (Å²) in [6, 6.07) is 11.8. The number of benzene rings is 1. The van der Waals surface area contributed by atoms with Gasteiger partial charge in [-0.3, -0.25) is 4.79 Å². The van der Waals surface area contributed by atoms with Gasteiger partial charge >= 0.3 is 0 Å². The van der Waals surface area contributed by atoms with Gasteiger partial charge in [0.15, 0.2) is 0 Å². The van der Waals surface area contributed by atoms with Gasteiger partial charge < -0.3 is 19.9 Å². The number of fused-ring (bicyclic) bond motifs is 1. The highest BCUT2D eigenvalue weighted by molar-refractivity contribution is 7.16. The number of nitrogens with zero attached hydrogens (tertiary/aromatic N) is 4. The van der Waals surface area contributed by atoms with E-state index < -0.39 is 0 Å². The van der Waals surface area contributed by atoms with Crippen molar-refractivity contribution in [2.24, 2.45) is 0 Å². The second kappa shape index (κ2) is 8.21. The molecule has 152 valence electrons. The Morgan fingerprint density at radius 3 is 2.80 bits per heavy atom. The fourth-order valence-electron chi connectivity index (χ4n) is 3.35. The molecule has 5 rings (SSSR count). The molecule has 2 N–H and O–H groups in total. The number of ether oxygens (including phenoxy) is 1. The van der Waals surface area contributed by atoms with E-state index in [9.17, 15) is 4.79 Å². The summed E-state index contributed by atoms with van der Waals surface area (Å²) in [6.07, 6.45) is 3.41. The van der Waals surface area contributed by atoms with Crippen molar-refractivity contribution in [1.82, 2.24) is 25.3 Å². The number of pyridine rings is 1. The standard InChI is InChI=1S/C21H20N6O2S/c28-20(23-13-18-25-15-3-1-2-4-16(15)26-18)17-12-24-21(30-17)14-5-6-19(22-11-14)27-7-9-29-10-8-27/h1-6,11-12H,7-10,13H2,(H,23,28)(H,25,26). The van der Waals surface area contributed by atoms with Crippen molar-refractivity contribution in [1.29, 1.82) is 0 Å². The normalized spacial score (nSPS) is 14.2. The number of thiazole rings is 1. The highest BCUT2D eigenvalue weighted by Gasteiger charge is 2.15. The number of imidazole rings is 1. The predicted molar refractivity (Wildman–Crippen MR) is 116 cm³/mol. The Balaban J connectivity index is 1.23. The second-order valence-corrected chi connectivity index (χ2v) is 7.95. The molecule has 0 bridgehead atoms. The Morgan fingerprint density at radius 1 is 1.13 bits per heavy atom. The number of H-pyrrole nitrogens is 1. The van der Waals surface area contributed by atoms with Crippen LogP contribution in [0.3, 0.4) is 0 Å². The monoisotopic (exact) mass is 420 g/mol. The first-order chi connectivity index (χ1) is 14.8. The number of aromatic amines is 1. The largest absolute Gasteiger partial charge is 0.378 e. The lowest BCUT2D eigenvalue weighted by atomic mass is 10.3. The predicted octanol–water partition coefficient (Wildman–Crippen LogP) is 2.85. The zero-order chi connectivity index (χ0) is 20.3. The maximum Gasteiger partial charge on any atom is 0.263 e. The number of carbonyl (C=O) groups is 1. The van der Waals surface area contributed by atoms with E-state index in [-0.39, 0.29) is 5.91 Å². The fourth-order valence-corrected chi connectivity index (χ4v) is 4.17. The Kier molecular flexibility index (Phi) is 5.12. The minimum absolute atomic E-state index is 0.169. The molecule has 0 atom stereocenters. The lowest BCUT2D eigenvalue weighted by Crippen LogP contribution is -2.36. The van der Waals surface area contributed by atoms with E-state index in [1.165, 1.54) is 11.3 Å². The van der Waals surface area contributed by atoms with Crippen LogP contribution in [0, 0.1) is 0 Å². The Hall–Kier alpha value is -3.30. The first kappa shape index (κ1) is 18.7. The molecule has 1 amide bonds. The maximum atomic E-state index is 12.5. The van der Waals surface area contributed by atoms with Gasteiger partial charge in [0.1, 0.15) is 21.5 Å². The first-order valence-corrected chi connectivity index (χ1v) is 10.5. The third kappa shape index (κ3) is 3.89. The Bertz CT molecular complexity index is 1130. The van der Waals surface area contributed by atoms with E-state index in [0.717, 1.165) is 59.6 Å². The van der Waals surface area contributed by atoms with Gasteiger partial charge in [-0.05, 0) is 24.3 Å². The van der Waals surface area contributed by atoms with Gasteiger partial charge in [0, 0.05) is 24.8 Å². The zero-order valence-electron chi connectivity index (χ0n) is 16.2. The molecule has 0 unspecified atom stereocenters. The van der Waals surface area contributed by atoms with Crippen LogP contribution in [-0.4, -0.2) is 52.1 Å². The molecule has 9 heteroatoms. The molecule has 1 aromatic carbocycles. The van der Waals surface area contributed by atoms with E-state index in [2.05, 4.69) is 30.2 Å². The SMILES string of the molecule is O=C(NCc1nc2ccccc2[nH]1)c1cnc(-c2ccc(N3CCOCC3)nc2)s1. The molecule has 3 aromatic heterocycles. The third-order valence-corrected chi connectivity index (χ3v) is 5.96. The van der Waals surface area contributed by atoms with Crippen molar-refractivity contribution in [3.8, 4) is 10.6 Å². The Labute approximate surface area is 177 Å². The molecule has 1 aliphatic rings. The molecule has 1 fully saturated rings. The van der Waals surface area contributed by atoms with Crippen LogP contribution < -0.4 is 10.2 Å². The van der Waals surface area contributed by atoms with Crippen molar-refractivity contribution in [2.75, 3.05) is 31.2 Å². The quantitative estimate of drug-likeness (QED) is 0.515. The smallest absolute Gasteiger partial charge is 0.263 e. The van der Waals surface area contributed by atoms with Crippen LogP contribution in [0.5, 0.6) is 0 Å². The van der Waals surface area contributed by atoms with Crippen molar-refractivity contribution in [3.05, 3.63) is 59.5 Å². The van der Waals surface area contributed by atoms with Crippen LogP contribution in [0.15, 0.2) is 48.8 Å². The van der Waals surface area contributed by atoms with E-state index in [4.69, 9.17) is 4.74 Å². The van der Waals surface area contributed by atoms with Crippen LogP contribution in [0.2, 0.25) is 0 Å². The lowest BCUT2D eigenvalue weighted by molar-refractivity contribution is 0.0954. The number of anilines is 1. The average Bonchev–Trinajstić information content (AvgIpc) is 3.45. The summed E-state index contributed by atoms with van der Waals surface area (Å²) < 4.78 is 5.38. The molecule has 0 radical (unpaired) electrons. The summed E-state index contributed by atoms with van der Waals surface area (Å²) in [5, 5.41) is 3.67. The number of hydrogen-bond donors (Lipinski definition) is 2. The molecule has 0 saturated carbocycles. The number of hydrogen-bond acceptors (Lipinski definition) is 7. The van der Waals surface area contributed by atoms with Gasteiger partial charge in [-0.15, -0.1) is 11.3 Å². The molecule has 0 spiro atoms. The molecule has 0 aliphatic carbocycles. The molecule has 4 heterocycles. The summed E-state index contributed by atoms with van der Waals surface area (Å²) in [5.74, 6) is 1.48. The van der Waals surface area contributed by atoms with E-state index in [1.807, 2.05) is 36.4 Å². The Morgan fingerprint density at radius 2 is 2.00 bits per heavy atom. The molecule has 1 saturated heterocycles. The van der Waals surface area contributed by atoms with Gasteiger partial charge in [-0.2, -0.15) is 0 Å². The number of para-hydroxylation sites is 2. The number of amides is 1. The van der Waals surface area contributed by atoms with Gasteiger partial charge in [-0.1, -0.05) is 12.1 Å². The van der Waals surface area contributed by atoms with Crippen LogP contribution >= 0.6 is 11.3 Å². The number of carbonyl (C=O) groups excluding carboxylic acids is 1. The third-order valence-electron chi connectivity index (χ3n) is 4.91. The number of nitrogens with one attached hydrogen (secondary N) is 2. The average molecular weight is 420 g/mol. The maximum absolute atomic E-state index is 12.5. The lowest BCUT2D eigenvalue weighted by Gasteiger charge is -2.27. The van der Waals surface area contributed by atoms with E-state index in [1.54, 1.807) is 12.4 Å². The summed E-state index contributed by atoms with van der Waals surface area (Å²) in [5.41, 5.74) is 2.73. The minimum atomic E-state index is -0.169. The van der Waals surface area contributed by atoms with Crippen molar-refractivity contribution >= 4 is 34.1 Å². The second-order valence-electron chi connectivity index (χ2n) is 6.92. The summed E-state index contributed by atoms with van der Waals surface area (Å²) in [7, 11) is 0. The number of rotatable bonds is 5. The van der Waals surface area contributed by atoms with Crippen LogP contribution in [0.1, 0.15) is 15.5 Å². The molecule has 1 aliphatic heterocycles. The van der Waals surface area contributed by atoms with E-state index >= 15 is 0 Å². The van der Waals surface area contributed by atoms with Crippen molar-refractivity contribution < 1.29 is 9.53 Å². The molecule has 8 nitrogen and oxygen atoms in total. The fraction of sp³-hybridized carbons (Fsp3) is 0.238. The van der Waals surface area contributed by atoms with Gasteiger partial charge in [-0.25, -0.2) is 15.0 Å². The minimum Gasteiger partial charge on any atom is -0.378 e. The topological polar surface area (TPSA) is 96.0 Å². The van der Waals surface area contributed by atoms with Gasteiger partial charge in [0.25, 0.3) is 5.91 Å². The highest BCUT2D eigenvalue weighted by atomic mass is 32.1. The summed E-state index contributed by atoms with van der Waals surface area (Å²) in [6.45, 7) is 3.47. The molecular formula is C21H20N6O2S. The van der Waals surface area contributed by atoms with Crippen molar-refractivity contribution in [2.45, 2.75) is 6.54 Å². The highest BCUT2D eigenvalue weighted by Crippen LogP contribution is 2.26. The summed E-state index contributed by atoms with van der Waals surface area (Å²) in [4.78, 5) is 31.9. The van der Waals surface area contributed by atoms with E-state index in [0.29, 0.717) is 11.4 Å².